The van der Waals surface area contributed by atoms with Crippen molar-refractivity contribution in [3.63, 3.8) is 0 Å². The van der Waals surface area contributed by atoms with Gasteiger partial charge in [0.2, 0.25) is 0 Å². The summed E-state index contributed by atoms with van der Waals surface area (Å²) in [6.07, 6.45) is 0. The smallest absolute Gasteiger partial charge is 0.191 e. The van der Waals surface area contributed by atoms with Gasteiger partial charge in [0.15, 0.2) is 11.0 Å². The third kappa shape index (κ3) is 3.10. The first-order valence-electron chi connectivity index (χ1n) is 6.96. The Hall–Kier alpha value is -2.65. The third-order valence-corrected chi connectivity index (χ3v) is 4.51. The molecule has 6 heteroatoms. The van der Waals surface area contributed by atoms with Gasteiger partial charge in [-0.25, -0.2) is 4.39 Å². The predicted molar refractivity (Wildman–Crippen MR) is 87.1 cm³/mol. The van der Waals surface area contributed by atoms with Gasteiger partial charge in [-0.3, -0.25) is 0 Å². The molecule has 3 aromatic rings. The molecule has 0 aliphatic rings. The van der Waals surface area contributed by atoms with Crippen molar-refractivity contribution >= 4 is 11.8 Å². The molecule has 3 rings (SSSR count). The Kier molecular flexibility index (Phi) is 4.40. The van der Waals surface area contributed by atoms with E-state index in [0.29, 0.717) is 27.9 Å². The molecule has 1 aromatic heterocycles. The van der Waals surface area contributed by atoms with E-state index in [4.69, 9.17) is 5.26 Å². The van der Waals surface area contributed by atoms with E-state index in [1.54, 1.807) is 35.9 Å². The average Bonchev–Trinajstić information content (AvgIpc) is 2.94. The molecule has 0 aliphatic heterocycles. The topological polar surface area (TPSA) is 54.5 Å². The predicted octanol–water partition coefficient (Wildman–Crippen LogP) is 3.79. The lowest BCUT2D eigenvalue weighted by atomic mass is 10.1. The van der Waals surface area contributed by atoms with Gasteiger partial charge in [0.05, 0.1) is 17.2 Å². The SMILES string of the molecule is Cn1c(SCc2ccccc2C#N)nnc1-c1ccccc1F. The van der Waals surface area contributed by atoms with Crippen LogP contribution in [0.1, 0.15) is 11.1 Å². The van der Waals surface area contributed by atoms with Gasteiger partial charge in [-0.1, -0.05) is 42.1 Å². The summed E-state index contributed by atoms with van der Waals surface area (Å²) in [6.45, 7) is 0. The normalized spacial score (nSPS) is 10.5. The van der Waals surface area contributed by atoms with Crippen LogP contribution in [0.3, 0.4) is 0 Å². The van der Waals surface area contributed by atoms with Crippen molar-refractivity contribution in [1.29, 1.82) is 5.26 Å². The van der Waals surface area contributed by atoms with Crippen molar-refractivity contribution in [2.75, 3.05) is 0 Å². The number of thioether (sulfide) groups is 1. The summed E-state index contributed by atoms with van der Waals surface area (Å²) in [6, 6.07) is 16.1. The molecule has 0 saturated heterocycles. The van der Waals surface area contributed by atoms with E-state index in [1.165, 1.54) is 17.8 Å². The largest absolute Gasteiger partial charge is 0.305 e. The molecule has 0 radical (unpaired) electrons. The molecule has 0 amide bonds. The van der Waals surface area contributed by atoms with Gasteiger partial charge in [-0.2, -0.15) is 5.26 Å². The molecule has 0 aliphatic carbocycles. The highest BCUT2D eigenvalue weighted by Crippen LogP contribution is 2.27. The van der Waals surface area contributed by atoms with Crippen molar-refractivity contribution < 1.29 is 4.39 Å². The molecular formula is C17H13FN4S. The summed E-state index contributed by atoms with van der Waals surface area (Å²) >= 11 is 1.47. The third-order valence-electron chi connectivity index (χ3n) is 3.44. The minimum atomic E-state index is -0.325. The maximum absolute atomic E-state index is 13.9. The zero-order valence-electron chi connectivity index (χ0n) is 12.4. The lowest BCUT2D eigenvalue weighted by Gasteiger charge is -2.05. The summed E-state index contributed by atoms with van der Waals surface area (Å²) in [5.74, 6) is 0.765. The number of nitrogens with zero attached hydrogens (tertiary/aromatic N) is 4. The molecule has 0 atom stereocenters. The van der Waals surface area contributed by atoms with Crippen molar-refractivity contribution in [2.45, 2.75) is 10.9 Å². The summed E-state index contributed by atoms with van der Waals surface area (Å²) in [7, 11) is 1.81. The number of hydrogen-bond donors (Lipinski definition) is 0. The zero-order chi connectivity index (χ0) is 16.2. The van der Waals surface area contributed by atoms with Crippen LogP contribution in [0.15, 0.2) is 53.7 Å². The van der Waals surface area contributed by atoms with E-state index < -0.39 is 0 Å². The maximum Gasteiger partial charge on any atom is 0.191 e. The second-order valence-corrected chi connectivity index (χ2v) is 5.85. The molecule has 0 bridgehead atoms. The Labute approximate surface area is 137 Å². The van der Waals surface area contributed by atoms with Crippen LogP contribution in [-0.4, -0.2) is 14.8 Å². The van der Waals surface area contributed by atoms with Gasteiger partial charge in [0.25, 0.3) is 0 Å². The number of rotatable bonds is 4. The molecule has 114 valence electrons. The van der Waals surface area contributed by atoms with Gasteiger partial charge in [-0.15, -0.1) is 10.2 Å². The molecule has 1 heterocycles. The zero-order valence-corrected chi connectivity index (χ0v) is 13.2. The highest BCUT2D eigenvalue weighted by Gasteiger charge is 2.14. The van der Waals surface area contributed by atoms with Crippen molar-refractivity contribution in [3.05, 3.63) is 65.5 Å². The van der Waals surface area contributed by atoms with E-state index in [2.05, 4.69) is 16.3 Å². The van der Waals surface area contributed by atoms with Crippen LogP contribution >= 0.6 is 11.8 Å². The lowest BCUT2D eigenvalue weighted by Crippen LogP contribution is -1.97. The Balaban J connectivity index is 1.83. The van der Waals surface area contributed by atoms with Crippen LogP contribution in [-0.2, 0) is 12.8 Å². The van der Waals surface area contributed by atoms with Crippen LogP contribution in [0.2, 0.25) is 0 Å². The molecular weight excluding hydrogens is 311 g/mol. The van der Waals surface area contributed by atoms with Gasteiger partial charge >= 0.3 is 0 Å². The second kappa shape index (κ2) is 6.63. The number of nitriles is 1. The molecule has 4 nitrogen and oxygen atoms in total. The van der Waals surface area contributed by atoms with Gasteiger partial charge in [0.1, 0.15) is 5.82 Å². The van der Waals surface area contributed by atoms with Crippen molar-refractivity contribution in [1.82, 2.24) is 14.8 Å². The van der Waals surface area contributed by atoms with E-state index in [0.717, 1.165) is 5.56 Å². The van der Waals surface area contributed by atoms with Gasteiger partial charge < -0.3 is 4.57 Å². The number of aromatic nitrogens is 3. The Morgan fingerprint density at radius 1 is 1.13 bits per heavy atom. The molecule has 0 spiro atoms. The van der Waals surface area contributed by atoms with Crippen molar-refractivity contribution in [2.24, 2.45) is 7.05 Å². The van der Waals surface area contributed by atoms with Gasteiger partial charge in [-0.05, 0) is 23.8 Å². The fourth-order valence-corrected chi connectivity index (χ4v) is 3.13. The fourth-order valence-electron chi connectivity index (χ4n) is 2.22. The molecule has 23 heavy (non-hydrogen) atoms. The van der Waals surface area contributed by atoms with Crippen LogP contribution in [0.5, 0.6) is 0 Å². The first-order valence-corrected chi connectivity index (χ1v) is 7.94. The van der Waals surface area contributed by atoms with Gasteiger partial charge in [0, 0.05) is 12.8 Å². The van der Waals surface area contributed by atoms with Crippen LogP contribution in [0.4, 0.5) is 4.39 Å². The summed E-state index contributed by atoms with van der Waals surface area (Å²) in [5, 5.41) is 18.0. The molecule has 0 fully saturated rings. The Morgan fingerprint density at radius 3 is 2.65 bits per heavy atom. The summed E-state index contributed by atoms with van der Waals surface area (Å²) < 4.78 is 15.7. The van der Waals surface area contributed by atoms with Crippen LogP contribution < -0.4 is 0 Å². The monoisotopic (exact) mass is 324 g/mol. The summed E-state index contributed by atoms with van der Waals surface area (Å²) in [5.41, 5.74) is 2.01. The first kappa shape index (κ1) is 15.3. The molecule has 2 aromatic carbocycles. The Morgan fingerprint density at radius 2 is 1.87 bits per heavy atom. The summed E-state index contributed by atoms with van der Waals surface area (Å²) in [4.78, 5) is 0. The van der Waals surface area contributed by atoms with E-state index in [1.807, 2.05) is 18.2 Å². The quantitative estimate of drug-likeness (QED) is 0.685. The Bertz CT molecular complexity index is 882. The lowest BCUT2D eigenvalue weighted by molar-refractivity contribution is 0.628. The van der Waals surface area contributed by atoms with Crippen LogP contribution in [0.25, 0.3) is 11.4 Å². The van der Waals surface area contributed by atoms with E-state index in [9.17, 15) is 4.39 Å². The highest BCUT2D eigenvalue weighted by atomic mass is 32.2. The first-order chi connectivity index (χ1) is 11.2. The minimum absolute atomic E-state index is 0.325. The minimum Gasteiger partial charge on any atom is -0.305 e. The maximum atomic E-state index is 13.9. The average molecular weight is 324 g/mol. The standard InChI is InChI=1S/C17H13FN4S/c1-22-16(14-8-4-5-9-15(14)18)20-21-17(22)23-11-13-7-3-2-6-12(13)10-19/h2-9H,11H2,1H3. The molecule has 0 saturated carbocycles. The van der Waals surface area contributed by atoms with E-state index in [-0.39, 0.29) is 5.82 Å². The highest BCUT2D eigenvalue weighted by molar-refractivity contribution is 7.98. The number of benzene rings is 2. The second-order valence-electron chi connectivity index (χ2n) is 4.90. The van der Waals surface area contributed by atoms with E-state index >= 15 is 0 Å². The van der Waals surface area contributed by atoms with Crippen LogP contribution in [0, 0.1) is 17.1 Å². The molecule has 0 unspecified atom stereocenters. The number of hydrogen-bond acceptors (Lipinski definition) is 4. The number of halogens is 1. The molecule has 0 N–H and O–H groups in total. The fraction of sp³-hybridized carbons (Fsp3) is 0.118. The van der Waals surface area contributed by atoms with Crippen molar-refractivity contribution in [3.8, 4) is 17.5 Å².